The molecule has 1 N–H and O–H groups in total. The van der Waals surface area contributed by atoms with Crippen molar-refractivity contribution in [2.24, 2.45) is 0 Å². The Labute approximate surface area is 93.1 Å². The molecule has 0 spiro atoms. The van der Waals surface area contributed by atoms with Crippen LogP contribution in [0.3, 0.4) is 0 Å². The molecule has 0 fully saturated rings. The van der Waals surface area contributed by atoms with Crippen LogP contribution in [0.2, 0.25) is 5.15 Å². The van der Waals surface area contributed by atoms with Gasteiger partial charge in [-0.1, -0.05) is 11.6 Å². The highest BCUT2D eigenvalue weighted by atomic mass is 35.5. The van der Waals surface area contributed by atoms with Crippen molar-refractivity contribution in [2.75, 3.05) is 5.32 Å². The molecule has 0 saturated carbocycles. The minimum absolute atomic E-state index is 0.0710. The molecule has 15 heavy (non-hydrogen) atoms. The summed E-state index contributed by atoms with van der Waals surface area (Å²) < 4.78 is 5.28. The molecule has 1 unspecified atom stereocenters. The Bertz CT molecular complexity index is 428. The summed E-state index contributed by atoms with van der Waals surface area (Å²) in [5.74, 6) is 0.870. The third-order valence-corrected chi connectivity index (χ3v) is 2.40. The molecular formula is C11H11ClN2O. The van der Waals surface area contributed by atoms with E-state index in [9.17, 15) is 0 Å². The van der Waals surface area contributed by atoms with Crippen LogP contribution in [0, 0.1) is 0 Å². The van der Waals surface area contributed by atoms with Crippen molar-refractivity contribution < 1.29 is 4.42 Å². The van der Waals surface area contributed by atoms with Gasteiger partial charge in [0.05, 0.1) is 18.0 Å². The van der Waals surface area contributed by atoms with Gasteiger partial charge >= 0.3 is 0 Å². The van der Waals surface area contributed by atoms with Gasteiger partial charge in [0.2, 0.25) is 0 Å². The number of hydrogen-bond acceptors (Lipinski definition) is 3. The maximum absolute atomic E-state index is 5.93. The van der Waals surface area contributed by atoms with Crippen LogP contribution in [0.4, 0.5) is 5.69 Å². The second-order valence-electron chi connectivity index (χ2n) is 3.22. The summed E-state index contributed by atoms with van der Waals surface area (Å²) in [4.78, 5) is 3.99. The molecular weight excluding hydrogens is 212 g/mol. The summed E-state index contributed by atoms with van der Waals surface area (Å²) in [7, 11) is 0. The fourth-order valence-electron chi connectivity index (χ4n) is 1.34. The Hall–Kier alpha value is -1.48. The van der Waals surface area contributed by atoms with Gasteiger partial charge < -0.3 is 9.73 Å². The van der Waals surface area contributed by atoms with E-state index in [4.69, 9.17) is 16.0 Å². The van der Waals surface area contributed by atoms with Gasteiger partial charge in [0.1, 0.15) is 5.76 Å². The summed E-state index contributed by atoms with van der Waals surface area (Å²) in [6.45, 7) is 2.00. The average Bonchev–Trinajstić information content (AvgIpc) is 2.74. The summed E-state index contributed by atoms with van der Waals surface area (Å²) in [5.41, 5.74) is 0.808. The van der Waals surface area contributed by atoms with Crippen LogP contribution in [0.25, 0.3) is 0 Å². The lowest BCUT2D eigenvalue weighted by atomic mass is 10.2. The number of aromatic nitrogens is 1. The smallest absolute Gasteiger partial charge is 0.152 e. The first-order valence-corrected chi connectivity index (χ1v) is 5.05. The molecule has 2 aromatic rings. The maximum atomic E-state index is 5.93. The highest BCUT2D eigenvalue weighted by Gasteiger charge is 2.09. The standard InChI is InChI=1S/C11H11ClN2O/c1-8(10-5-3-7-15-10)14-9-4-2-6-13-11(9)12/h2-8,14H,1H3. The van der Waals surface area contributed by atoms with E-state index in [2.05, 4.69) is 10.3 Å². The van der Waals surface area contributed by atoms with Gasteiger partial charge in [-0.05, 0) is 31.2 Å². The normalized spacial score (nSPS) is 12.4. The van der Waals surface area contributed by atoms with E-state index in [1.807, 2.05) is 31.2 Å². The fraction of sp³-hybridized carbons (Fsp3) is 0.182. The quantitative estimate of drug-likeness (QED) is 0.808. The predicted octanol–water partition coefficient (Wildman–Crippen LogP) is 3.50. The molecule has 2 heterocycles. The average molecular weight is 223 g/mol. The first-order chi connectivity index (χ1) is 7.27. The monoisotopic (exact) mass is 222 g/mol. The van der Waals surface area contributed by atoms with Gasteiger partial charge in [-0.15, -0.1) is 0 Å². The summed E-state index contributed by atoms with van der Waals surface area (Å²) >= 11 is 5.93. The van der Waals surface area contributed by atoms with E-state index in [1.54, 1.807) is 12.5 Å². The highest BCUT2D eigenvalue weighted by molar-refractivity contribution is 6.31. The zero-order valence-corrected chi connectivity index (χ0v) is 9.03. The molecule has 2 aromatic heterocycles. The summed E-state index contributed by atoms with van der Waals surface area (Å²) in [5, 5.41) is 3.69. The molecule has 1 atom stereocenters. The van der Waals surface area contributed by atoms with Crippen LogP contribution in [0.1, 0.15) is 18.7 Å². The van der Waals surface area contributed by atoms with Crippen LogP contribution in [0.15, 0.2) is 41.1 Å². The number of rotatable bonds is 3. The Balaban J connectivity index is 2.13. The van der Waals surface area contributed by atoms with Crippen molar-refractivity contribution in [2.45, 2.75) is 13.0 Å². The van der Waals surface area contributed by atoms with Gasteiger partial charge in [0, 0.05) is 6.20 Å². The third-order valence-electron chi connectivity index (χ3n) is 2.10. The number of nitrogens with zero attached hydrogens (tertiary/aromatic N) is 1. The van der Waals surface area contributed by atoms with Gasteiger partial charge in [0.15, 0.2) is 5.15 Å². The molecule has 0 radical (unpaired) electrons. The number of furan rings is 1. The number of hydrogen-bond donors (Lipinski definition) is 1. The summed E-state index contributed by atoms with van der Waals surface area (Å²) in [6, 6.07) is 7.57. The number of anilines is 1. The van der Waals surface area contributed by atoms with Crippen molar-refractivity contribution in [1.29, 1.82) is 0 Å². The molecule has 0 saturated heterocycles. The zero-order valence-electron chi connectivity index (χ0n) is 8.27. The topological polar surface area (TPSA) is 38.1 Å². The molecule has 0 aromatic carbocycles. The maximum Gasteiger partial charge on any atom is 0.152 e. The molecule has 0 amide bonds. The Morgan fingerprint density at radius 1 is 1.40 bits per heavy atom. The SMILES string of the molecule is CC(Nc1cccnc1Cl)c1ccco1. The minimum atomic E-state index is 0.0710. The third kappa shape index (κ3) is 2.30. The molecule has 0 aliphatic heterocycles. The van der Waals surface area contributed by atoms with Gasteiger partial charge in [-0.3, -0.25) is 0 Å². The minimum Gasteiger partial charge on any atom is -0.467 e. The lowest BCUT2D eigenvalue weighted by Crippen LogP contribution is -2.06. The van der Waals surface area contributed by atoms with Crippen LogP contribution >= 0.6 is 11.6 Å². The molecule has 4 heteroatoms. The molecule has 78 valence electrons. The summed E-state index contributed by atoms with van der Waals surface area (Å²) in [6.07, 6.45) is 3.31. The lowest BCUT2D eigenvalue weighted by molar-refractivity contribution is 0.490. The fourth-order valence-corrected chi connectivity index (χ4v) is 1.51. The van der Waals surface area contributed by atoms with Crippen molar-refractivity contribution in [3.05, 3.63) is 47.6 Å². The zero-order chi connectivity index (χ0) is 10.7. The molecule has 0 aliphatic rings. The van der Waals surface area contributed by atoms with Gasteiger partial charge in [-0.25, -0.2) is 4.98 Å². The molecule has 3 nitrogen and oxygen atoms in total. The van der Waals surface area contributed by atoms with Gasteiger partial charge in [-0.2, -0.15) is 0 Å². The van der Waals surface area contributed by atoms with E-state index in [0.29, 0.717) is 5.15 Å². The van der Waals surface area contributed by atoms with Crippen molar-refractivity contribution in [3.8, 4) is 0 Å². The van der Waals surface area contributed by atoms with E-state index >= 15 is 0 Å². The van der Waals surface area contributed by atoms with Crippen LogP contribution in [-0.2, 0) is 0 Å². The van der Waals surface area contributed by atoms with Gasteiger partial charge in [0.25, 0.3) is 0 Å². The lowest BCUT2D eigenvalue weighted by Gasteiger charge is -2.13. The van der Waals surface area contributed by atoms with Crippen LogP contribution < -0.4 is 5.32 Å². The van der Waals surface area contributed by atoms with Crippen molar-refractivity contribution >= 4 is 17.3 Å². The predicted molar refractivity (Wildman–Crippen MR) is 60.0 cm³/mol. The van der Waals surface area contributed by atoms with Crippen LogP contribution in [0.5, 0.6) is 0 Å². The Morgan fingerprint density at radius 2 is 2.27 bits per heavy atom. The number of nitrogens with one attached hydrogen (secondary N) is 1. The van der Waals surface area contributed by atoms with E-state index in [0.717, 1.165) is 11.4 Å². The number of halogens is 1. The molecule has 0 bridgehead atoms. The Morgan fingerprint density at radius 3 is 2.93 bits per heavy atom. The first-order valence-electron chi connectivity index (χ1n) is 4.68. The van der Waals surface area contributed by atoms with Crippen molar-refractivity contribution in [3.63, 3.8) is 0 Å². The van der Waals surface area contributed by atoms with E-state index < -0.39 is 0 Å². The largest absolute Gasteiger partial charge is 0.467 e. The van der Waals surface area contributed by atoms with Crippen molar-refractivity contribution in [1.82, 2.24) is 4.98 Å². The highest BCUT2D eigenvalue weighted by Crippen LogP contribution is 2.23. The second kappa shape index (κ2) is 4.36. The molecule has 0 aliphatic carbocycles. The van der Waals surface area contributed by atoms with E-state index in [-0.39, 0.29) is 6.04 Å². The Kier molecular flexibility index (Phi) is 2.92. The molecule has 2 rings (SSSR count). The second-order valence-corrected chi connectivity index (χ2v) is 3.58. The first kappa shape index (κ1) is 10.1. The number of pyridine rings is 1. The van der Waals surface area contributed by atoms with E-state index in [1.165, 1.54) is 0 Å². The van der Waals surface area contributed by atoms with Crippen LogP contribution in [-0.4, -0.2) is 4.98 Å².